The van der Waals surface area contributed by atoms with Gasteiger partial charge in [0.1, 0.15) is 0 Å². The minimum absolute atomic E-state index is 0.0159. The van der Waals surface area contributed by atoms with E-state index in [0.717, 1.165) is 6.42 Å². The summed E-state index contributed by atoms with van der Waals surface area (Å²) in [7, 11) is 0. The Kier molecular flexibility index (Phi) is 6.08. The van der Waals surface area contributed by atoms with Gasteiger partial charge in [-0.3, -0.25) is 4.79 Å². The molecule has 0 aromatic carbocycles. The highest BCUT2D eigenvalue weighted by atomic mass is 16.6. The molecule has 2 atom stereocenters. The molecule has 1 rings (SSSR count). The van der Waals surface area contributed by atoms with Gasteiger partial charge in [0.25, 0.3) is 0 Å². The van der Waals surface area contributed by atoms with Gasteiger partial charge in [0.2, 0.25) is 5.91 Å². The summed E-state index contributed by atoms with van der Waals surface area (Å²) in [4.78, 5) is 27.1. The number of ether oxygens (including phenoxy) is 1. The van der Waals surface area contributed by atoms with E-state index in [1.165, 1.54) is 0 Å². The van der Waals surface area contributed by atoms with E-state index in [0.29, 0.717) is 32.8 Å². The van der Waals surface area contributed by atoms with Crippen LogP contribution in [0.4, 0.5) is 4.79 Å². The number of rotatable bonds is 4. The number of amides is 2. The molecule has 1 fully saturated rings. The second-order valence-electron chi connectivity index (χ2n) is 4.92. The van der Waals surface area contributed by atoms with Gasteiger partial charge in [0.05, 0.1) is 12.6 Å². The van der Waals surface area contributed by atoms with Crippen molar-refractivity contribution in [1.82, 2.24) is 9.80 Å². The molecule has 0 aliphatic carbocycles. The van der Waals surface area contributed by atoms with Gasteiger partial charge in [-0.2, -0.15) is 0 Å². The van der Waals surface area contributed by atoms with Gasteiger partial charge in [-0.05, 0) is 12.8 Å². The van der Waals surface area contributed by atoms with Crippen molar-refractivity contribution < 1.29 is 14.3 Å². The lowest BCUT2D eigenvalue weighted by Crippen LogP contribution is -2.55. The zero-order valence-electron chi connectivity index (χ0n) is 12.1. The Hall–Kier alpha value is -1.30. The molecule has 0 saturated carbocycles. The molecule has 2 amide bonds. The quantitative estimate of drug-likeness (QED) is 0.815. The molecule has 1 unspecified atom stereocenters. The van der Waals surface area contributed by atoms with Crippen LogP contribution < -0.4 is 5.73 Å². The summed E-state index contributed by atoms with van der Waals surface area (Å²) in [5.41, 5.74) is 5.95. The van der Waals surface area contributed by atoms with Crippen molar-refractivity contribution >= 4 is 12.0 Å². The van der Waals surface area contributed by atoms with Crippen LogP contribution in [0.1, 0.15) is 27.2 Å². The standard InChI is InChI=1S/C13H25N3O3/c1-4-10(3)11(14)12(17)15-6-8-16(9-7-15)13(18)19-5-2/h10-11H,4-9,14H2,1-3H3/t10?,11-/m0/s1. The van der Waals surface area contributed by atoms with E-state index in [9.17, 15) is 9.59 Å². The molecule has 2 N–H and O–H groups in total. The maximum atomic E-state index is 12.2. The SMILES string of the molecule is CCOC(=O)N1CCN(C(=O)[C@@H](N)C(C)CC)CC1. The Morgan fingerprint density at radius 3 is 2.16 bits per heavy atom. The van der Waals surface area contributed by atoms with E-state index in [2.05, 4.69) is 0 Å². The van der Waals surface area contributed by atoms with Crippen LogP contribution in [-0.2, 0) is 9.53 Å². The molecule has 110 valence electrons. The summed E-state index contributed by atoms with van der Waals surface area (Å²) in [5, 5.41) is 0. The van der Waals surface area contributed by atoms with Crippen LogP contribution in [0.5, 0.6) is 0 Å². The first kappa shape index (κ1) is 15.8. The highest BCUT2D eigenvalue weighted by molar-refractivity contribution is 5.82. The van der Waals surface area contributed by atoms with Gasteiger partial charge in [-0.1, -0.05) is 20.3 Å². The molecule has 1 saturated heterocycles. The summed E-state index contributed by atoms with van der Waals surface area (Å²) in [6.45, 7) is 8.24. The third kappa shape index (κ3) is 4.09. The lowest BCUT2D eigenvalue weighted by Gasteiger charge is -2.36. The van der Waals surface area contributed by atoms with Crippen LogP contribution in [0.25, 0.3) is 0 Å². The Morgan fingerprint density at radius 1 is 1.16 bits per heavy atom. The molecular formula is C13H25N3O3. The average molecular weight is 271 g/mol. The van der Waals surface area contributed by atoms with E-state index in [-0.39, 0.29) is 17.9 Å². The molecule has 0 aromatic rings. The number of hydrogen-bond acceptors (Lipinski definition) is 4. The molecule has 0 aromatic heterocycles. The first-order chi connectivity index (χ1) is 9.01. The molecule has 6 heteroatoms. The molecule has 1 aliphatic heterocycles. The van der Waals surface area contributed by atoms with Crippen LogP contribution >= 0.6 is 0 Å². The molecule has 1 aliphatic rings. The number of hydrogen-bond donors (Lipinski definition) is 1. The predicted molar refractivity (Wildman–Crippen MR) is 72.6 cm³/mol. The highest BCUT2D eigenvalue weighted by Gasteiger charge is 2.29. The summed E-state index contributed by atoms with van der Waals surface area (Å²) in [5.74, 6) is 0.161. The smallest absolute Gasteiger partial charge is 0.409 e. The largest absolute Gasteiger partial charge is 0.450 e. The van der Waals surface area contributed by atoms with Crippen molar-refractivity contribution in [2.75, 3.05) is 32.8 Å². The summed E-state index contributed by atoms with van der Waals surface area (Å²) in [6, 6.07) is -0.445. The minimum Gasteiger partial charge on any atom is -0.450 e. The summed E-state index contributed by atoms with van der Waals surface area (Å²) < 4.78 is 4.94. The average Bonchev–Trinajstić information content (AvgIpc) is 2.45. The first-order valence-corrected chi connectivity index (χ1v) is 6.97. The Bertz CT molecular complexity index is 314. The van der Waals surface area contributed by atoms with Crippen LogP contribution in [0.2, 0.25) is 0 Å². The van der Waals surface area contributed by atoms with Crippen molar-refractivity contribution in [3.63, 3.8) is 0 Å². The molecule has 0 radical (unpaired) electrons. The fraction of sp³-hybridized carbons (Fsp3) is 0.846. The van der Waals surface area contributed by atoms with Crippen molar-refractivity contribution in [2.45, 2.75) is 33.2 Å². The number of carbonyl (C=O) groups excluding carboxylic acids is 2. The molecule has 0 spiro atoms. The number of nitrogens with two attached hydrogens (primary N) is 1. The van der Waals surface area contributed by atoms with Crippen LogP contribution in [0.15, 0.2) is 0 Å². The van der Waals surface area contributed by atoms with Gasteiger partial charge < -0.3 is 20.3 Å². The fourth-order valence-corrected chi connectivity index (χ4v) is 2.03. The Labute approximate surface area is 114 Å². The Morgan fingerprint density at radius 2 is 1.68 bits per heavy atom. The van der Waals surface area contributed by atoms with Crippen molar-refractivity contribution in [3.8, 4) is 0 Å². The predicted octanol–water partition coefficient (Wildman–Crippen LogP) is 0.661. The van der Waals surface area contributed by atoms with E-state index in [1.54, 1.807) is 16.7 Å². The lowest BCUT2D eigenvalue weighted by molar-refractivity contribution is -0.135. The van der Waals surface area contributed by atoms with Gasteiger partial charge in [-0.15, -0.1) is 0 Å². The summed E-state index contributed by atoms with van der Waals surface area (Å²) in [6.07, 6.45) is 0.580. The normalized spacial score (nSPS) is 18.9. The molecule has 0 bridgehead atoms. The van der Waals surface area contributed by atoms with Gasteiger partial charge in [0.15, 0.2) is 0 Å². The fourth-order valence-electron chi connectivity index (χ4n) is 2.03. The number of carbonyl (C=O) groups is 2. The van der Waals surface area contributed by atoms with Crippen molar-refractivity contribution in [3.05, 3.63) is 0 Å². The Balaban J connectivity index is 2.45. The second-order valence-corrected chi connectivity index (χ2v) is 4.92. The van der Waals surface area contributed by atoms with E-state index >= 15 is 0 Å². The van der Waals surface area contributed by atoms with E-state index in [4.69, 9.17) is 10.5 Å². The first-order valence-electron chi connectivity index (χ1n) is 6.97. The van der Waals surface area contributed by atoms with E-state index < -0.39 is 6.04 Å². The second kappa shape index (κ2) is 7.33. The van der Waals surface area contributed by atoms with Crippen LogP contribution in [0.3, 0.4) is 0 Å². The topological polar surface area (TPSA) is 75.9 Å². The van der Waals surface area contributed by atoms with Gasteiger partial charge >= 0.3 is 6.09 Å². The van der Waals surface area contributed by atoms with Gasteiger partial charge in [-0.25, -0.2) is 4.79 Å². The molecule has 19 heavy (non-hydrogen) atoms. The zero-order valence-corrected chi connectivity index (χ0v) is 12.1. The maximum absolute atomic E-state index is 12.2. The van der Waals surface area contributed by atoms with Crippen molar-refractivity contribution in [2.24, 2.45) is 11.7 Å². The molecule has 1 heterocycles. The third-order valence-electron chi connectivity index (χ3n) is 3.66. The minimum atomic E-state index is -0.445. The monoisotopic (exact) mass is 271 g/mol. The van der Waals surface area contributed by atoms with Crippen LogP contribution in [-0.4, -0.2) is 60.6 Å². The number of piperazine rings is 1. The maximum Gasteiger partial charge on any atom is 0.409 e. The summed E-state index contributed by atoms with van der Waals surface area (Å²) >= 11 is 0. The van der Waals surface area contributed by atoms with Gasteiger partial charge in [0, 0.05) is 26.2 Å². The number of nitrogens with zero attached hydrogens (tertiary/aromatic N) is 2. The molecular weight excluding hydrogens is 246 g/mol. The van der Waals surface area contributed by atoms with Crippen molar-refractivity contribution in [1.29, 1.82) is 0 Å². The van der Waals surface area contributed by atoms with E-state index in [1.807, 2.05) is 13.8 Å². The molecule has 6 nitrogen and oxygen atoms in total. The zero-order chi connectivity index (χ0) is 14.4. The highest BCUT2D eigenvalue weighted by Crippen LogP contribution is 2.11. The lowest BCUT2D eigenvalue weighted by atomic mass is 9.98. The third-order valence-corrected chi connectivity index (χ3v) is 3.66. The van der Waals surface area contributed by atoms with Crippen LogP contribution in [0, 0.1) is 5.92 Å².